The van der Waals surface area contributed by atoms with Gasteiger partial charge in [0, 0.05) is 25.0 Å². The zero-order chi connectivity index (χ0) is 15.6. The molecule has 0 N–H and O–H groups in total. The minimum Gasteiger partial charge on any atom is -0.303 e. The number of sulfonamides is 1. The fraction of sp³-hybridized carbons (Fsp3) is 0.846. The third-order valence-electron chi connectivity index (χ3n) is 3.70. The summed E-state index contributed by atoms with van der Waals surface area (Å²) in [5, 5.41) is 9.59. The molecule has 1 aromatic rings. The van der Waals surface area contributed by atoms with Crippen molar-refractivity contribution in [1.82, 2.24) is 19.1 Å². The van der Waals surface area contributed by atoms with Crippen LogP contribution in [-0.4, -0.2) is 52.6 Å². The van der Waals surface area contributed by atoms with Gasteiger partial charge in [0.25, 0.3) is 0 Å². The maximum Gasteiger partial charge on any atom is 0.211 e. The predicted molar refractivity (Wildman–Crippen MR) is 85.2 cm³/mol. The Morgan fingerprint density at radius 2 is 2.10 bits per heavy atom. The van der Waals surface area contributed by atoms with E-state index in [0.29, 0.717) is 13.1 Å². The molecule has 8 heteroatoms. The molecule has 0 radical (unpaired) electrons. The van der Waals surface area contributed by atoms with Gasteiger partial charge in [-0.2, -0.15) is 0 Å². The van der Waals surface area contributed by atoms with Gasteiger partial charge < -0.3 is 4.57 Å². The van der Waals surface area contributed by atoms with Crippen LogP contribution in [0.1, 0.15) is 51.4 Å². The van der Waals surface area contributed by atoms with Crippen LogP contribution in [0.15, 0.2) is 5.16 Å². The van der Waals surface area contributed by atoms with Crippen LogP contribution >= 0.6 is 11.8 Å². The van der Waals surface area contributed by atoms with E-state index in [2.05, 4.69) is 35.5 Å². The lowest BCUT2D eigenvalue weighted by Crippen LogP contribution is -2.39. The monoisotopic (exact) mass is 332 g/mol. The average Bonchev–Trinajstić information content (AvgIpc) is 2.82. The first-order valence-electron chi connectivity index (χ1n) is 7.37. The molecule has 0 aliphatic carbocycles. The molecule has 1 aliphatic heterocycles. The average molecular weight is 332 g/mol. The van der Waals surface area contributed by atoms with Gasteiger partial charge in [-0.3, -0.25) is 0 Å². The molecular weight excluding hydrogens is 308 g/mol. The van der Waals surface area contributed by atoms with Crippen LogP contribution < -0.4 is 0 Å². The molecule has 1 aromatic heterocycles. The van der Waals surface area contributed by atoms with E-state index < -0.39 is 10.0 Å². The van der Waals surface area contributed by atoms with E-state index in [9.17, 15) is 8.42 Å². The maximum absolute atomic E-state index is 11.8. The summed E-state index contributed by atoms with van der Waals surface area (Å²) < 4.78 is 27.3. The van der Waals surface area contributed by atoms with Gasteiger partial charge in [-0.1, -0.05) is 18.7 Å². The number of aromatic nitrogens is 3. The Morgan fingerprint density at radius 3 is 2.67 bits per heavy atom. The molecule has 0 amide bonds. The molecule has 120 valence electrons. The molecule has 2 rings (SSSR count). The topological polar surface area (TPSA) is 68.1 Å². The molecule has 0 bridgehead atoms. The molecule has 0 unspecified atom stereocenters. The quantitative estimate of drug-likeness (QED) is 0.773. The van der Waals surface area contributed by atoms with Crippen LogP contribution in [0.5, 0.6) is 0 Å². The first-order chi connectivity index (χ1) is 9.84. The van der Waals surface area contributed by atoms with Crippen LogP contribution in [0.2, 0.25) is 0 Å². The molecule has 1 atom stereocenters. The van der Waals surface area contributed by atoms with Gasteiger partial charge in [0.15, 0.2) is 5.16 Å². The van der Waals surface area contributed by atoms with Crippen molar-refractivity contribution in [1.29, 1.82) is 0 Å². The molecule has 0 aromatic carbocycles. The fourth-order valence-electron chi connectivity index (χ4n) is 2.73. The van der Waals surface area contributed by atoms with Crippen LogP contribution in [0.3, 0.4) is 0 Å². The molecule has 6 nitrogen and oxygen atoms in total. The summed E-state index contributed by atoms with van der Waals surface area (Å²) in [6.45, 7) is 7.45. The lowest BCUT2D eigenvalue weighted by molar-refractivity contribution is 0.302. The van der Waals surface area contributed by atoms with E-state index >= 15 is 0 Å². The van der Waals surface area contributed by atoms with E-state index in [1.165, 1.54) is 6.26 Å². The van der Waals surface area contributed by atoms with Crippen molar-refractivity contribution in [3.63, 3.8) is 0 Å². The minimum absolute atomic E-state index is 0.134. The lowest BCUT2D eigenvalue weighted by atomic mass is 9.98. The zero-order valence-electron chi connectivity index (χ0n) is 13.1. The highest BCUT2D eigenvalue weighted by atomic mass is 32.2. The Labute approximate surface area is 131 Å². The van der Waals surface area contributed by atoms with Crippen molar-refractivity contribution in [3.05, 3.63) is 5.82 Å². The van der Waals surface area contributed by atoms with Gasteiger partial charge in [0.2, 0.25) is 10.0 Å². The molecule has 1 saturated heterocycles. The standard InChI is InChI=1S/C13H24N4O2S2/c1-5-20-13-15-14-12(17(13)10(2)3)11-7-6-8-16(9-11)21(4,18)19/h10-11H,5-9H2,1-4H3/t11-/m0/s1. The largest absolute Gasteiger partial charge is 0.303 e. The second-order valence-corrected chi connectivity index (χ2v) is 8.91. The van der Waals surface area contributed by atoms with Crippen LogP contribution in [-0.2, 0) is 10.0 Å². The van der Waals surface area contributed by atoms with Gasteiger partial charge in [-0.25, -0.2) is 12.7 Å². The molecule has 21 heavy (non-hydrogen) atoms. The molecule has 2 heterocycles. The summed E-state index contributed by atoms with van der Waals surface area (Å²) in [6.07, 6.45) is 3.12. The van der Waals surface area contributed by atoms with E-state index in [-0.39, 0.29) is 12.0 Å². The molecule has 0 saturated carbocycles. The minimum atomic E-state index is -3.13. The SMILES string of the molecule is CCSc1nnc([C@H]2CCCN(S(C)(=O)=O)C2)n1C(C)C. The Kier molecular flexibility index (Phi) is 5.32. The van der Waals surface area contributed by atoms with Crippen molar-refractivity contribution in [2.75, 3.05) is 25.1 Å². The van der Waals surface area contributed by atoms with E-state index in [1.807, 2.05) is 0 Å². The first-order valence-corrected chi connectivity index (χ1v) is 10.2. The van der Waals surface area contributed by atoms with Crippen molar-refractivity contribution in [3.8, 4) is 0 Å². The highest BCUT2D eigenvalue weighted by molar-refractivity contribution is 7.99. The van der Waals surface area contributed by atoms with E-state index in [1.54, 1.807) is 16.1 Å². The Bertz CT molecular complexity index is 583. The van der Waals surface area contributed by atoms with Gasteiger partial charge >= 0.3 is 0 Å². The second-order valence-electron chi connectivity index (χ2n) is 5.70. The number of rotatable bonds is 5. The molecule has 0 spiro atoms. The van der Waals surface area contributed by atoms with Crippen molar-refractivity contribution in [2.24, 2.45) is 0 Å². The number of hydrogen-bond acceptors (Lipinski definition) is 5. The first kappa shape index (κ1) is 16.8. The van der Waals surface area contributed by atoms with E-state index in [4.69, 9.17) is 0 Å². The van der Waals surface area contributed by atoms with Crippen molar-refractivity contribution >= 4 is 21.8 Å². The van der Waals surface area contributed by atoms with Gasteiger partial charge in [0.05, 0.1) is 6.26 Å². The van der Waals surface area contributed by atoms with Crippen LogP contribution in [0, 0.1) is 0 Å². The zero-order valence-corrected chi connectivity index (χ0v) is 14.7. The van der Waals surface area contributed by atoms with Gasteiger partial charge in [-0.05, 0) is 32.4 Å². The number of nitrogens with zero attached hydrogens (tertiary/aromatic N) is 4. The van der Waals surface area contributed by atoms with Gasteiger partial charge in [-0.15, -0.1) is 10.2 Å². The number of hydrogen-bond donors (Lipinski definition) is 0. The van der Waals surface area contributed by atoms with Crippen molar-refractivity contribution in [2.45, 2.75) is 50.7 Å². The predicted octanol–water partition coefficient (Wildman–Crippen LogP) is 2.11. The smallest absolute Gasteiger partial charge is 0.211 e. The fourth-order valence-corrected chi connectivity index (χ4v) is 4.45. The Hall–Kier alpha value is -0.600. The summed E-state index contributed by atoms with van der Waals surface area (Å²) in [5.41, 5.74) is 0. The highest BCUT2D eigenvalue weighted by Gasteiger charge is 2.31. The lowest BCUT2D eigenvalue weighted by Gasteiger charge is -2.31. The van der Waals surface area contributed by atoms with Crippen molar-refractivity contribution < 1.29 is 8.42 Å². The van der Waals surface area contributed by atoms with Crippen LogP contribution in [0.25, 0.3) is 0 Å². The molecular formula is C13H24N4O2S2. The summed E-state index contributed by atoms with van der Waals surface area (Å²) in [5.74, 6) is 2.01. The molecule has 1 aliphatic rings. The maximum atomic E-state index is 11.8. The molecule has 1 fully saturated rings. The number of piperidine rings is 1. The normalized spacial score (nSPS) is 21.1. The van der Waals surface area contributed by atoms with Crippen LogP contribution in [0.4, 0.5) is 0 Å². The third kappa shape index (κ3) is 3.78. The summed E-state index contributed by atoms with van der Waals surface area (Å²) in [4.78, 5) is 0. The highest BCUT2D eigenvalue weighted by Crippen LogP contribution is 2.31. The summed E-state index contributed by atoms with van der Waals surface area (Å²) >= 11 is 1.68. The van der Waals surface area contributed by atoms with Gasteiger partial charge in [0.1, 0.15) is 5.82 Å². The summed E-state index contributed by atoms with van der Waals surface area (Å²) in [7, 11) is -3.13. The summed E-state index contributed by atoms with van der Waals surface area (Å²) in [6, 6.07) is 0.276. The third-order valence-corrected chi connectivity index (χ3v) is 5.79. The Morgan fingerprint density at radius 1 is 1.38 bits per heavy atom. The number of thioether (sulfide) groups is 1. The second kappa shape index (κ2) is 6.66. The Balaban J connectivity index is 2.29. The van der Waals surface area contributed by atoms with E-state index in [0.717, 1.165) is 29.6 Å².